The number of nitrogens with one attached hydrogen (secondary N) is 1. The number of para-hydroxylation sites is 1. The maximum atomic E-state index is 12.5. The summed E-state index contributed by atoms with van der Waals surface area (Å²) in [5.74, 6) is 0.898. The van der Waals surface area contributed by atoms with Gasteiger partial charge in [-0.25, -0.2) is 0 Å². The molecule has 1 aliphatic rings. The summed E-state index contributed by atoms with van der Waals surface area (Å²) in [5, 5.41) is 3.18. The molecule has 22 heavy (non-hydrogen) atoms. The summed E-state index contributed by atoms with van der Waals surface area (Å²) in [5.41, 5.74) is 0.544. The zero-order chi connectivity index (χ0) is 16.2. The maximum Gasteiger partial charge on any atom is 0.224 e. The van der Waals surface area contributed by atoms with Crippen LogP contribution in [0.1, 0.15) is 39.2 Å². The number of benzene rings is 1. The van der Waals surface area contributed by atoms with Gasteiger partial charge in [-0.05, 0) is 45.8 Å². The van der Waals surface area contributed by atoms with Crippen LogP contribution in [-0.2, 0) is 10.3 Å². The van der Waals surface area contributed by atoms with Crippen LogP contribution < -0.4 is 10.1 Å². The Balaban J connectivity index is 2.02. The van der Waals surface area contributed by atoms with E-state index in [0.717, 1.165) is 30.9 Å². The van der Waals surface area contributed by atoms with Crippen molar-refractivity contribution in [2.75, 3.05) is 26.7 Å². The molecule has 2 rings (SSSR count). The van der Waals surface area contributed by atoms with Crippen molar-refractivity contribution in [2.24, 2.45) is 5.92 Å². The highest BCUT2D eigenvalue weighted by atomic mass is 16.5. The first kappa shape index (κ1) is 16.8. The van der Waals surface area contributed by atoms with Crippen LogP contribution in [-0.4, -0.2) is 37.6 Å². The van der Waals surface area contributed by atoms with Crippen LogP contribution in [0.3, 0.4) is 0 Å². The van der Waals surface area contributed by atoms with Crippen molar-refractivity contribution in [3.05, 3.63) is 29.8 Å². The topological polar surface area (TPSA) is 41.6 Å². The van der Waals surface area contributed by atoms with E-state index in [-0.39, 0.29) is 11.8 Å². The Morgan fingerprint density at radius 3 is 2.59 bits per heavy atom. The van der Waals surface area contributed by atoms with E-state index in [1.807, 2.05) is 45.0 Å². The van der Waals surface area contributed by atoms with Crippen molar-refractivity contribution >= 4 is 5.91 Å². The minimum absolute atomic E-state index is 0.00733. The van der Waals surface area contributed by atoms with E-state index in [2.05, 4.69) is 10.2 Å². The molecule has 0 saturated carbocycles. The Kier molecular flexibility index (Phi) is 5.46. The van der Waals surface area contributed by atoms with Gasteiger partial charge >= 0.3 is 0 Å². The Labute approximate surface area is 133 Å². The van der Waals surface area contributed by atoms with Gasteiger partial charge in [0, 0.05) is 18.0 Å². The summed E-state index contributed by atoms with van der Waals surface area (Å²) in [4.78, 5) is 14.9. The Bertz CT molecular complexity index is 508. The molecule has 1 N–H and O–H groups in total. The fourth-order valence-corrected chi connectivity index (χ4v) is 3.09. The number of rotatable bonds is 6. The lowest BCUT2D eigenvalue weighted by molar-refractivity contribution is -0.126. The predicted octanol–water partition coefficient (Wildman–Crippen LogP) is 2.78. The number of carbonyl (C=O) groups excluding carboxylic acids is 1. The van der Waals surface area contributed by atoms with Gasteiger partial charge in [-0.1, -0.05) is 25.1 Å². The molecule has 1 aliphatic heterocycles. The van der Waals surface area contributed by atoms with Crippen LogP contribution in [0.4, 0.5) is 0 Å². The molecule has 0 aliphatic carbocycles. The fourth-order valence-electron chi connectivity index (χ4n) is 3.09. The predicted molar refractivity (Wildman–Crippen MR) is 89.0 cm³/mol. The monoisotopic (exact) mass is 304 g/mol. The standard InChI is InChI=1S/C18H28N2O2/c1-14(13-20-11-7-8-12-20)17(21)19-18(2,3)15-9-5-6-10-16(15)22-4/h5-6,9-10,14H,7-8,11-13H2,1-4H3,(H,19,21)/t14-/m1/s1. The summed E-state index contributed by atoms with van der Waals surface area (Å²) in [7, 11) is 1.66. The summed E-state index contributed by atoms with van der Waals surface area (Å²) in [6.45, 7) is 9.12. The van der Waals surface area contributed by atoms with Crippen molar-refractivity contribution in [1.82, 2.24) is 10.2 Å². The highest BCUT2D eigenvalue weighted by molar-refractivity contribution is 5.79. The normalized spacial score (nSPS) is 17.3. The number of amides is 1. The van der Waals surface area contributed by atoms with E-state index in [1.165, 1.54) is 12.8 Å². The Morgan fingerprint density at radius 2 is 1.95 bits per heavy atom. The minimum atomic E-state index is -0.455. The third-order valence-electron chi connectivity index (χ3n) is 4.39. The molecular weight excluding hydrogens is 276 g/mol. The average Bonchev–Trinajstić information content (AvgIpc) is 2.99. The molecular formula is C18H28N2O2. The molecule has 1 fully saturated rings. The maximum absolute atomic E-state index is 12.5. The van der Waals surface area contributed by atoms with E-state index in [1.54, 1.807) is 7.11 Å². The Morgan fingerprint density at radius 1 is 1.32 bits per heavy atom. The van der Waals surface area contributed by atoms with Gasteiger partial charge < -0.3 is 15.0 Å². The van der Waals surface area contributed by atoms with Crippen LogP contribution in [0.5, 0.6) is 5.75 Å². The molecule has 1 aromatic carbocycles. The van der Waals surface area contributed by atoms with Gasteiger partial charge in [0.2, 0.25) is 5.91 Å². The molecule has 1 heterocycles. The lowest BCUT2D eigenvalue weighted by atomic mass is 9.92. The van der Waals surface area contributed by atoms with Gasteiger partial charge in [-0.15, -0.1) is 0 Å². The zero-order valence-electron chi connectivity index (χ0n) is 14.2. The third-order valence-corrected chi connectivity index (χ3v) is 4.39. The zero-order valence-corrected chi connectivity index (χ0v) is 14.2. The van der Waals surface area contributed by atoms with Crippen molar-refractivity contribution in [2.45, 2.75) is 39.2 Å². The molecule has 1 saturated heterocycles. The summed E-state index contributed by atoms with van der Waals surface area (Å²) in [6, 6.07) is 7.84. The first-order valence-electron chi connectivity index (χ1n) is 8.12. The van der Waals surface area contributed by atoms with Crippen molar-refractivity contribution in [3.63, 3.8) is 0 Å². The van der Waals surface area contributed by atoms with E-state index in [9.17, 15) is 4.79 Å². The molecule has 0 spiro atoms. The summed E-state index contributed by atoms with van der Waals surface area (Å²) in [6.07, 6.45) is 2.50. The van der Waals surface area contributed by atoms with Gasteiger partial charge in [-0.3, -0.25) is 4.79 Å². The van der Waals surface area contributed by atoms with Gasteiger partial charge in [-0.2, -0.15) is 0 Å². The van der Waals surface area contributed by atoms with Crippen LogP contribution in [0.2, 0.25) is 0 Å². The lowest BCUT2D eigenvalue weighted by Gasteiger charge is -2.30. The largest absolute Gasteiger partial charge is 0.496 e. The highest BCUT2D eigenvalue weighted by Crippen LogP contribution is 2.29. The van der Waals surface area contributed by atoms with E-state index in [4.69, 9.17) is 4.74 Å². The molecule has 1 atom stereocenters. The third kappa shape index (κ3) is 4.01. The summed E-state index contributed by atoms with van der Waals surface area (Å²) < 4.78 is 5.42. The number of nitrogens with zero attached hydrogens (tertiary/aromatic N) is 1. The molecule has 1 aromatic rings. The molecule has 0 unspecified atom stereocenters. The average molecular weight is 304 g/mol. The van der Waals surface area contributed by atoms with Crippen LogP contribution in [0.25, 0.3) is 0 Å². The smallest absolute Gasteiger partial charge is 0.224 e. The molecule has 1 amide bonds. The Hall–Kier alpha value is -1.55. The number of carbonyl (C=O) groups is 1. The molecule has 0 aromatic heterocycles. The number of hydrogen-bond donors (Lipinski definition) is 1. The second kappa shape index (κ2) is 7.14. The first-order valence-corrected chi connectivity index (χ1v) is 8.12. The molecule has 122 valence electrons. The minimum Gasteiger partial charge on any atom is -0.496 e. The van der Waals surface area contributed by atoms with E-state index in [0.29, 0.717) is 0 Å². The SMILES string of the molecule is COc1ccccc1C(C)(C)NC(=O)[C@H](C)CN1CCCC1. The molecule has 4 heteroatoms. The van der Waals surface area contributed by atoms with E-state index >= 15 is 0 Å². The first-order chi connectivity index (χ1) is 10.4. The molecule has 0 radical (unpaired) electrons. The number of likely N-dealkylation sites (tertiary alicyclic amines) is 1. The van der Waals surface area contributed by atoms with Gasteiger partial charge in [0.15, 0.2) is 0 Å². The number of hydrogen-bond acceptors (Lipinski definition) is 3. The van der Waals surface area contributed by atoms with E-state index < -0.39 is 5.54 Å². The van der Waals surface area contributed by atoms with Crippen LogP contribution in [0.15, 0.2) is 24.3 Å². The fraction of sp³-hybridized carbons (Fsp3) is 0.611. The van der Waals surface area contributed by atoms with Gasteiger partial charge in [0.25, 0.3) is 0 Å². The van der Waals surface area contributed by atoms with Gasteiger partial charge in [0.1, 0.15) is 5.75 Å². The highest BCUT2D eigenvalue weighted by Gasteiger charge is 2.29. The number of ether oxygens (including phenoxy) is 1. The van der Waals surface area contributed by atoms with Gasteiger partial charge in [0.05, 0.1) is 12.6 Å². The molecule has 0 bridgehead atoms. The quantitative estimate of drug-likeness (QED) is 0.878. The number of methoxy groups -OCH3 is 1. The summed E-state index contributed by atoms with van der Waals surface area (Å²) >= 11 is 0. The van der Waals surface area contributed by atoms with Crippen LogP contribution >= 0.6 is 0 Å². The molecule has 4 nitrogen and oxygen atoms in total. The second-order valence-corrected chi connectivity index (χ2v) is 6.72. The van der Waals surface area contributed by atoms with Crippen LogP contribution in [0, 0.1) is 5.92 Å². The van der Waals surface area contributed by atoms with Crippen molar-refractivity contribution < 1.29 is 9.53 Å². The second-order valence-electron chi connectivity index (χ2n) is 6.72. The van der Waals surface area contributed by atoms with Crippen molar-refractivity contribution in [1.29, 1.82) is 0 Å². The lowest BCUT2D eigenvalue weighted by Crippen LogP contribution is -2.45. The van der Waals surface area contributed by atoms with Crippen molar-refractivity contribution in [3.8, 4) is 5.75 Å².